The number of hydrogen-bond acceptors (Lipinski definition) is 3. The van der Waals surface area contributed by atoms with Gasteiger partial charge in [-0.1, -0.05) is 13.8 Å². The normalized spacial score (nSPS) is 14.7. The fourth-order valence-corrected chi connectivity index (χ4v) is 1.19. The second kappa shape index (κ2) is 8.68. The molecule has 0 bridgehead atoms. The molecule has 0 aliphatic rings. The van der Waals surface area contributed by atoms with Gasteiger partial charge in [0.15, 0.2) is 0 Å². The fraction of sp³-hybridized carbons (Fsp3) is 0.909. The summed E-state index contributed by atoms with van der Waals surface area (Å²) in [5.41, 5.74) is 0. The minimum absolute atomic E-state index is 0.0545. The number of hydrogen-bond donors (Lipinski definition) is 2. The molecule has 0 saturated carbocycles. The number of rotatable bonds is 8. The average molecular weight is 216 g/mol. The van der Waals surface area contributed by atoms with E-state index in [2.05, 4.69) is 24.5 Å². The van der Waals surface area contributed by atoms with Crippen LogP contribution in [0.15, 0.2) is 0 Å². The lowest BCUT2D eigenvalue weighted by Gasteiger charge is -2.17. The number of carbonyl (C=O) groups excluding carboxylic acids is 1. The Kier molecular flexibility index (Phi) is 8.33. The monoisotopic (exact) mass is 216 g/mol. The van der Waals surface area contributed by atoms with Crippen LogP contribution in [-0.4, -0.2) is 38.3 Å². The molecule has 0 heterocycles. The summed E-state index contributed by atoms with van der Waals surface area (Å²) in [5.74, 6) is 0.0545. The van der Waals surface area contributed by atoms with Crippen molar-refractivity contribution >= 4 is 5.91 Å². The summed E-state index contributed by atoms with van der Waals surface area (Å²) < 4.78 is 5.04. The van der Waals surface area contributed by atoms with Gasteiger partial charge in [-0.15, -0.1) is 0 Å². The Morgan fingerprint density at radius 3 is 2.47 bits per heavy atom. The molecule has 2 atom stereocenters. The molecule has 15 heavy (non-hydrogen) atoms. The first-order valence-corrected chi connectivity index (χ1v) is 5.65. The fourth-order valence-electron chi connectivity index (χ4n) is 1.19. The van der Waals surface area contributed by atoms with Crippen molar-refractivity contribution < 1.29 is 9.53 Å². The van der Waals surface area contributed by atoms with E-state index < -0.39 is 0 Å². The van der Waals surface area contributed by atoms with Crippen molar-refractivity contribution in [3.05, 3.63) is 0 Å². The standard InChI is InChI=1S/C11H24N2O2/c1-5-9(3)13-11(14)7-12-10(6-2)8-15-4/h9-10,12H,5-8H2,1-4H3,(H,13,14). The molecule has 0 spiro atoms. The lowest BCUT2D eigenvalue weighted by molar-refractivity contribution is -0.121. The molecule has 0 aliphatic carbocycles. The van der Waals surface area contributed by atoms with E-state index in [1.165, 1.54) is 0 Å². The molecule has 2 unspecified atom stereocenters. The van der Waals surface area contributed by atoms with Crippen LogP contribution in [0.4, 0.5) is 0 Å². The Hall–Kier alpha value is -0.610. The van der Waals surface area contributed by atoms with Gasteiger partial charge in [0.25, 0.3) is 0 Å². The van der Waals surface area contributed by atoms with Crippen LogP contribution in [0.3, 0.4) is 0 Å². The van der Waals surface area contributed by atoms with Crippen LogP contribution in [0.2, 0.25) is 0 Å². The van der Waals surface area contributed by atoms with Crippen LogP contribution in [0.5, 0.6) is 0 Å². The van der Waals surface area contributed by atoms with E-state index in [-0.39, 0.29) is 18.0 Å². The van der Waals surface area contributed by atoms with Crippen molar-refractivity contribution in [3.63, 3.8) is 0 Å². The molecule has 0 aliphatic heterocycles. The van der Waals surface area contributed by atoms with Crippen molar-refractivity contribution in [1.29, 1.82) is 0 Å². The molecule has 0 saturated heterocycles. The molecule has 4 heteroatoms. The highest BCUT2D eigenvalue weighted by atomic mass is 16.5. The molecule has 2 N–H and O–H groups in total. The number of ether oxygens (including phenoxy) is 1. The second-order valence-corrected chi connectivity index (χ2v) is 3.82. The Morgan fingerprint density at radius 2 is 2.00 bits per heavy atom. The lowest BCUT2D eigenvalue weighted by atomic mass is 10.2. The molecule has 0 aromatic rings. The Morgan fingerprint density at radius 1 is 1.33 bits per heavy atom. The quantitative estimate of drug-likeness (QED) is 0.634. The predicted octanol–water partition coefficient (Wildman–Crippen LogP) is 0.916. The van der Waals surface area contributed by atoms with Gasteiger partial charge in [0.2, 0.25) is 5.91 Å². The van der Waals surface area contributed by atoms with Crippen LogP contribution < -0.4 is 10.6 Å². The Labute approximate surface area is 92.8 Å². The third kappa shape index (κ3) is 7.33. The van der Waals surface area contributed by atoms with Gasteiger partial charge in [0.05, 0.1) is 13.2 Å². The van der Waals surface area contributed by atoms with Crippen molar-refractivity contribution in [3.8, 4) is 0 Å². The molecule has 0 radical (unpaired) electrons. The highest BCUT2D eigenvalue weighted by molar-refractivity contribution is 5.78. The van der Waals surface area contributed by atoms with Gasteiger partial charge in [-0.2, -0.15) is 0 Å². The smallest absolute Gasteiger partial charge is 0.234 e. The first kappa shape index (κ1) is 14.4. The first-order chi connectivity index (χ1) is 7.13. The summed E-state index contributed by atoms with van der Waals surface area (Å²) in [6.45, 7) is 7.14. The third-order valence-electron chi connectivity index (χ3n) is 2.43. The molecule has 0 aromatic heterocycles. The van der Waals surface area contributed by atoms with Gasteiger partial charge in [-0.25, -0.2) is 0 Å². The largest absolute Gasteiger partial charge is 0.383 e. The minimum Gasteiger partial charge on any atom is -0.383 e. The Balaban J connectivity index is 3.68. The molecule has 0 rings (SSSR count). The SMILES string of the molecule is CCC(C)NC(=O)CNC(CC)COC. The zero-order valence-electron chi connectivity index (χ0n) is 10.3. The summed E-state index contributed by atoms with van der Waals surface area (Å²) in [7, 11) is 1.67. The van der Waals surface area contributed by atoms with E-state index in [4.69, 9.17) is 4.74 Å². The van der Waals surface area contributed by atoms with Crippen LogP contribution in [-0.2, 0) is 9.53 Å². The molecule has 90 valence electrons. The third-order valence-corrected chi connectivity index (χ3v) is 2.43. The molecular formula is C11H24N2O2. The van der Waals surface area contributed by atoms with Crippen LogP contribution in [0, 0.1) is 0 Å². The molecule has 1 amide bonds. The minimum atomic E-state index is 0.0545. The van der Waals surface area contributed by atoms with Gasteiger partial charge >= 0.3 is 0 Å². The van der Waals surface area contributed by atoms with E-state index in [0.29, 0.717) is 13.2 Å². The molecular weight excluding hydrogens is 192 g/mol. The van der Waals surface area contributed by atoms with Gasteiger partial charge in [0, 0.05) is 19.2 Å². The summed E-state index contributed by atoms with van der Waals surface area (Å²) in [6.07, 6.45) is 1.92. The van der Waals surface area contributed by atoms with E-state index >= 15 is 0 Å². The summed E-state index contributed by atoms with van der Waals surface area (Å²) in [4.78, 5) is 11.4. The molecule has 0 fully saturated rings. The first-order valence-electron chi connectivity index (χ1n) is 5.65. The van der Waals surface area contributed by atoms with Gasteiger partial charge in [0.1, 0.15) is 0 Å². The van der Waals surface area contributed by atoms with Gasteiger partial charge in [-0.05, 0) is 19.8 Å². The van der Waals surface area contributed by atoms with E-state index in [9.17, 15) is 4.79 Å². The van der Waals surface area contributed by atoms with Gasteiger partial charge in [-0.3, -0.25) is 4.79 Å². The van der Waals surface area contributed by atoms with Crippen LogP contribution >= 0.6 is 0 Å². The number of methoxy groups -OCH3 is 1. The van der Waals surface area contributed by atoms with E-state index in [1.54, 1.807) is 7.11 Å². The van der Waals surface area contributed by atoms with E-state index in [1.807, 2.05) is 6.92 Å². The van der Waals surface area contributed by atoms with Crippen LogP contribution in [0.1, 0.15) is 33.6 Å². The average Bonchev–Trinajstić information content (AvgIpc) is 2.23. The van der Waals surface area contributed by atoms with Crippen molar-refractivity contribution in [2.24, 2.45) is 0 Å². The topological polar surface area (TPSA) is 50.4 Å². The molecule has 4 nitrogen and oxygen atoms in total. The van der Waals surface area contributed by atoms with Crippen molar-refractivity contribution in [2.45, 2.75) is 45.7 Å². The maximum absolute atomic E-state index is 11.4. The Bertz CT molecular complexity index is 174. The van der Waals surface area contributed by atoms with Crippen molar-refractivity contribution in [1.82, 2.24) is 10.6 Å². The summed E-state index contributed by atoms with van der Waals surface area (Å²) in [6, 6.07) is 0.513. The van der Waals surface area contributed by atoms with Crippen molar-refractivity contribution in [2.75, 3.05) is 20.3 Å². The highest BCUT2D eigenvalue weighted by Gasteiger charge is 2.09. The molecule has 0 aromatic carbocycles. The summed E-state index contributed by atoms with van der Waals surface area (Å²) >= 11 is 0. The highest BCUT2D eigenvalue weighted by Crippen LogP contribution is 1.91. The maximum Gasteiger partial charge on any atom is 0.234 e. The maximum atomic E-state index is 11.4. The zero-order valence-corrected chi connectivity index (χ0v) is 10.3. The number of carbonyl (C=O) groups is 1. The summed E-state index contributed by atoms with van der Waals surface area (Å²) in [5, 5.41) is 6.07. The number of amides is 1. The second-order valence-electron chi connectivity index (χ2n) is 3.82. The lowest BCUT2D eigenvalue weighted by Crippen LogP contribution is -2.43. The van der Waals surface area contributed by atoms with Gasteiger partial charge < -0.3 is 15.4 Å². The predicted molar refractivity (Wildman–Crippen MR) is 61.9 cm³/mol. The van der Waals surface area contributed by atoms with Crippen LogP contribution in [0.25, 0.3) is 0 Å². The zero-order chi connectivity index (χ0) is 11.7. The van der Waals surface area contributed by atoms with E-state index in [0.717, 1.165) is 12.8 Å². The number of nitrogens with one attached hydrogen (secondary N) is 2.